The van der Waals surface area contributed by atoms with Crippen molar-refractivity contribution in [2.45, 2.75) is 32.9 Å². The molecule has 3 aromatic rings. The normalized spacial score (nSPS) is 11.4. The maximum Gasteiger partial charge on any atom is 0.121 e. The van der Waals surface area contributed by atoms with E-state index in [1.54, 1.807) is 0 Å². The number of nitrogens with zero attached hydrogens (tertiary/aromatic N) is 1. The van der Waals surface area contributed by atoms with E-state index in [1.807, 2.05) is 18.2 Å². The topological polar surface area (TPSA) is 40.7 Å². The average molecular weight is 279 g/mol. The molecule has 21 heavy (non-hydrogen) atoms. The van der Waals surface area contributed by atoms with E-state index < -0.39 is 0 Å². The van der Waals surface area contributed by atoms with Gasteiger partial charge in [0.25, 0.3) is 0 Å². The van der Waals surface area contributed by atoms with Crippen LogP contribution in [0.1, 0.15) is 36.7 Å². The van der Waals surface area contributed by atoms with Crippen molar-refractivity contribution in [3.63, 3.8) is 0 Å². The van der Waals surface area contributed by atoms with Crippen LogP contribution in [0.4, 0.5) is 0 Å². The molecule has 0 atom stereocenters. The molecule has 0 radical (unpaired) electrons. The molecular formula is C18H21N3. The van der Waals surface area contributed by atoms with Crippen LogP contribution in [-0.2, 0) is 13.1 Å². The minimum atomic E-state index is 0.586. The van der Waals surface area contributed by atoms with Gasteiger partial charge in [0.1, 0.15) is 5.82 Å². The third kappa shape index (κ3) is 3.31. The Bertz CT molecular complexity index is 678. The summed E-state index contributed by atoms with van der Waals surface area (Å²) in [7, 11) is 0. The van der Waals surface area contributed by atoms with Crippen molar-refractivity contribution in [2.24, 2.45) is 0 Å². The van der Waals surface area contributed by atoms with Gasteiger partial charge in [0.2, 0.25) is 0 Å². The molecule has 1 aromatic heterocycles. The predicted molar refractivity (Wildman–Crippen MR) is 87.2 cm³/mol. The molecule has 0 unspecified atom stereocenters. The highest BCUT2D eigenvalue weighted by Gasteiger charge is 2.02. The first-order chi connectivity index (χ1) is 10.2. The smallest absolute Gasteiger partial charge is 0.121 e. The number of fused-ring (bicyclic) bond motifs is 1. The first-order valence-corrected chi connectivity index (χ1v) is 7.45. The summed E-state index contributed by atoms with van der Waals surface area (Å²) in [5, 5.41) is 3.43. The first-order valence-electron chi connectivity index (χ1n) is 7.45. The van der Waals surface area contributed by atoms with E-state index in [4.69, 9.17) is 0 Å². The number of hydrogen-bond acceptors (Lipinski definition) is 2. The quantitative estimate of drug-likeness (QED) is 0.741. The summed E-state index contributed by atoms with van der Waals surface area (Å²) in [4.78, 5) is 7.90. The van der Waals surface area contributed by atoms with Gasteiger partial charge in [0, 0.05) is 6.54 Å². The highest BCUT2D eigenvalue weighted by atomic mass is 15.0. The Morgan fingerprint density at radius 1 is 1.00 bits per heavy atom. The van der Waals surface area contributed by atoms with Crippen LogP contribution in [0, 0.1) is 0 Å². The molecule has 0 saturated carbocycles. The third-order valence-corrected chi connectivity index (χ3v) is 3.71. The van der Waals surface area contributed by atoms with Gasteiger partial charge in [-0.2, -0.15) is 0 Å². The summed E-state index contributed by atoms with van der Waals surface area (Å²) in [6, 6.07) is 16.9. The van der Waals surface area contributed by atoms with Gasteiger partial charge >= 0.3 is 0 Å². The summed E-state index contributed by atoms with van der Waals surface area (Å²) in [6.45, 7) is 6.04. The number of aromatic nitrogens is 2. The van der Waals surface area contributed by atoms with Gasteiger partial charge in [-0.25, -0.2) is 4.98 Å². The Morgan fingerprint density at radius 2 is 1.76 bits per heavy atom. The van der Waals surface area contributed by atoms with Crippen molar-refractivity contribution in [3.8, 4) is 0 Å². The van der Waals surface area contributed by atoms with Gasteiger partial charge in [-0.1, -0.05) is 50.2 Å². The Labute approximate surface area is 125 Å². The van der Waals surface area contributed by atoms with E-state index in [9.17, 15) is 0 Å². The number of H-pyrrole nitrogens is 1. The molecule has 0 fully saturated rings. The summed E-state index contributed by atoms with van der Waals surface area (Å²) in [6.07, 6.45) is 0. The second-order valence-corrected chi connectivity index (χ2v) is 5.70. The number of para-hydroxylation sites is 2. The SMILES string of the molecule is CC(C)c1ccc(CNCc2nc3ccccc3[nH]2)cc1. The minimum Gasteiger partial charge on any atom is -0.341 e. The minimum absolute atomic E-state index is 0.586. The van der Waals surface area contributed by atoms with Gasteiger partial charge in [-0.05, 0) is 29.2 Å². The monoisotopic (exact) mass is 279 g/mol. The number of imidazole rings is 1. The van der Waals surface area contributed by atoms with E-state index in [1.165, 1.54) is 11.1 Å². The van der Waals surface area contributed by atoms with Crippen LogP contribution in [0.3, 0.4) is 0 Å². The maximum absolute atomic E-state index is 4.56. The molecule has 0 spiro atoms. The molecule has 0 saturated heterocycles. The van der Waals surface area contributed by atoms with Crippen LogP contribution >= 0.6 is 0 Å². The molecule has 0 aliphatic rings. The standard InChI is InChI=1S/C18H21N3/c1-13(2)15-9-7-14(8-10-15)11-19-12-18-20-16-5-3-4-6-17(16)21-18/h3-10,13,19H,11-12H2,1-2H3,(H,20,21). The summed E-state index contributed by atoms with van der Waals surface area (Å²) >= 11 is 0. The van der Waals surface area contributed by atoms with E-state index >= 15 is 0 Å². The lowest BCUT2D eigenvalue weighted by Gasteiger charge is -2.07. The number of aromatic amines is 1. The number of nitrogens with one attached hydrogen (secondary N) is 2. The molecule has 3 rings (SSSR count). The fourth-order valence-corrected chi connectivity index (χ4v) is 2.43. The highest BCUT2D eigenvalue weighted by molar-refractivity contribution is 5.74. The van der Waals surface area contributed by atoms with Gasteiger partial charge in [-0.15, -0.1) is 0 Å². The Balaban J connectivity index is 1.58. The zero-order valence-electron chi connectivity index (χ0n) is 12.6. The largest absolute Gasteiger partial charge is 0.341 e. The van der Waals surface area contributed by atoms with Gasteiger partial charge in [0.05, 0.1) is 17.6 Å². The predicted octanol–water partition coefficient (Wildman–Crippen LogP) is 3.98. The van der Waals surface area contributed by atoms with Gasteiger partial charge < -0.3 is 10.3 Å². The van der Waals surface area contributed by atoms with Crippen molar-refractivity contribution < 1.29 is 0 Å². The van der Waals surface area contributed by atoms with Crippen molar-refractivity contribution >= 4 is 11.0 Å². The van der Waals surface area contributed by atoms with Crippen LogP contribution in [0.2, 0.25) is 0 Å². The second kappa shape index (κ2) is 6.10. The van der Waals surface area contributed by atoms with Gasteiger partial charge in [0.15, 0.2) is 0 Å². The van der Waals surface area contributed by atoms with E-state index in [-0.39, 0.29) is 0 Å². The molecule has 2 aromatic carbocycles. The van der Waals surface area contributed by atoms with Crippen LogP contribution in [0.15, 0.2) is 48.5 Å². The third-order valence-electron chi connectivity index (χ3n) is 3.71. The Morgan fingerprint density at radius 3 is 2.48 bits per heavy atom. The average Bonchev–Trinajstić information content (AvgIpc) is 2.90. The van der Waals surface area contributed by atoms with Crippen LogP contribution in [0.25, 0.3) is 11.0 Å². The lowest BCUT2D eigenvalue weighted by molar-refractivity contribution is 0.670. The zero-order valence-corrected chi connectivity index (χ0v) is 12.6. The fraction of sp³-hybridized carbons (Fsp3) is 0.278. The molecule has 2 N–H and O–H groups in total. The van der Waals surface area contributed by atoms with E-state index in [0.29, 0.717) is 5.92 Å². The molecule has 0 aliphatic heterocycles. The van der Waals surface area contributed by atoms with E-state index in [0.717, 1.165) is 29.9 Å². The van der Waals surface area contributed by atoms with E-state index in [2.05, 4.69) is 59.5 Å². The lowest BCUT2D eigenvalue weighted by Crippen LogP contribution is -2.13. The summed E-state index contributed by atoms with van der Waals surface area (Å²) in [5.41, 5.74) is 4.80. The highest BCUT2D eigenvalue weighted by Crippen LogP contribution is 2.15. The Kier molecular flexibility index (Phi) is 4.02. The number of hydrogen-bond donors (Lipinski definition) is 2. The fourth-order valence-electron chi connectivity index (χ4n) is 2.43. The van der Waals surface area contributed by atoms with Gasteiger partial charge in [-0.3, -0.25) is 0 Å². The molecule has 1 heterocycles. The van der Waals surface area contributed by atoms with Crippen molar-refractivity contribution in [2.75, 3.05) is 0 Å². The summed E-state index contributed by atoms with van der Waals surface area (Å²) < 4.78 is 0. The lowest BCUT2D eigenvalue weighted by atomic mass is 10.0. The molecule has 0 bridgehead atoms. The molecule has 0 aliphatic carbocycles. The molecular weight excluding hydrogens is 258 g/mol. The Hall–Kier alpha value is -2.13. The first kappa shape index (κ1) is 13.8. The molecule has 3 heteroatoms. The zero-order chi connectivity index (χ0) is 14.7. The van der Waals surface area contributed by atoms with Crippen molar-refractivity contribution in [3.05, 3.63) is 65.5 Å². The molecule has 0 amide bonds. The van der Waals surface area contributed by atoms with Crippen LogP contribution in [0.5, 0.6) is 0 Å². The van der Waals surface area contributed by atoms with Crippen LogP contribution in [-0.4, -0.2) is 9.97 Å². The van der Waals surface area contributed by atoms with Crippen LogP contribution < -0.4 is 5.32 Å². The van der Waals surface area contributed by atoms with Crippen molar-refractivity contribution in [1.29, 1.82) is 0 Å². The maximum atomic E-state index is 4.56. The number of benzene rings is 2. The molecule has 108 valence electrons. The second-order valence-electron chi connectivity index (χ2n) is 5.70. The summed E-state index contributed by atoms with van der Waals surface area (Å²) in [5.74, 6) is 1.57. The van der Waals surface area contributed by atoms with Crippen molar-refractivity contribution in [1.82, 2.24) is 15.3 Å². The molecule has 3 nitrogen and oxygen atoms in total. The number of rotatable bonds is 5.